The van der Waals surface area contributed by atoms with Gasteiger partial charge in [-0.25, -0.2) is 0 Å². The summed E-state index contributed by atoms with van der Waals surface area (Å²) in [5.41, 5.74) is 4.83. The normalized spacial score (nSPS) is 14.9. The van der Waals surface area contributed by atoms with Crippen molar-refractivity contribution in [2.75, 3.05) is 11.4 Å². The SMILES string of the molecule is CCN(c1c[nH]c(C(=O)NCc2c(C)cc(C)[nH]c2=O)c1C)C1CCCCC1. The lowest BCUT2D eigenvalue weighted by molar-refractivity contribution is 0.0945. The maximum Gasteiger partial charge on any atom is 0.268 e. The highest BCUT2D eigenvalue weighted by Crippen LogP contribution is 2.30. The van der Waals surface area contributed by atoms with E-state index in [1.807, 2.05) is 33.0 Å². The van der Waals surface area contributed by atoms with Crippen LogP contribution in [-0.4, -0.2) is 28.5 Å². The van der Waals surface area contributed by atoms with E-state index in [-0.39, 0.29) is 18.0 Å². The number of rotatable bonds is 6. The summed E-state index contributed by atoms with van der Waals surface area (Å²) in [6, 6.07) is 2.47. The number of nitrogens with one attached hydrogen (secondary N) is 3. The number of nitrogens with zero attached hydrogens (tertiary/aromatic N) is 1. The number of aromatic nitrogens is 2. The van der Waals surface area contributed by atoms with Crippen molar-refractivity contribution in [3.8, 4) is 0 Å². The number of pyridine rings is 1. The number of anilines is 1. The monoisotopic (exact) mass is 384 g/mol. The third-order valence-corrected chi connectivity index (χ3v) is 5.92. The molecule has 3 rings (SSSR count). The number of carbonyl (C=O) groups is 1. The van der Waals surface area contributed by atoms with Gasteiger partial charge in [-0.3, -0.25) is 9.59 Å². The van der Waals surface area contributed by atoms with E-state index in [0.29, 0.717) is 17.3 Å². The van der Waals surface area contributed by atoms with E-state index in [1.165, 1.54) is 32.1 Å². The molecule has 0 aromatic carbocycles. The van der Waals surface area contributed by atoms with Crippen LogP contribution in [0.4, 0.5) is 5.69 Å². The molecule has 0 unspecified atom stereocenters. The Labute approximate surface area is 166 Å². The largest absolute Gasteiger partial charge is 0.367 e. The first-order chi connectivity index (χ1) is 13.4. The minimum Gasteiger partial charge on any atom is -0.367 e. The molecule has 2 aromatic heterocycles. The van der Waals surface area contributed by atoms with Crippen molar-refractivity contribution in [3.05, 3.63) is 50.7 Å². The van der Waals surface area contributed by atoms with E-state index in [0.717, 1.165) is 29.1 Å². The first-order valence-electron chi connectivity index (χ1n) is 10.3. The molecule has 0 spiro atoms. The van der Waals surface area contributed by atoms with Crippen molar-refractivity contribution >= 4 is 11.6 Å². The molecular weight excluding hydrogens is 352 g/mol. The van der Waals surface area contributed by atoms with Crippen LogP contribution < -0.4 is 15.8 Å². The van der Waals surface area contributed by atoms with Gasteiger partial charge in [0.05, 0.1) is 5.69 Å². The van der Waals surface area contributed by atoms with Gasteiger partial charge in [0, 0.05) is 42.1 Å². The number of aromatic amines is 2. The van der Waals surface area contributed by atoms with Crippen LogP contribution in [-0.2, 0) is 6.54 Å². The summed E-state index contributed by atoms with van der Waals surface area (Å²) in [7, 11) is 0. The van der Waals surface area contributed by atoms with Gasteiger partial charge in [-0.2, -0.15) is 0 Å². The Kier molecular flexibility index (Phi) is 6.27. The highest BCUT2D eigenvalue weighted by atomic mass is 16.2. The summed E-state index contributed by atoms with van der Waals surface area (Å²) in [5, 5.41) is 2.90. The van der Waals surface area contributed by atoms with Crippen molar-refractivity contribution in [3.63, 3.8) is 0 Å². The second-order valence-electron chi connectivity index (χ2n) is 7.88. The Balaban J connectivity index is 1.74. The summed E-state index contributed by atoms with van der Waals surface area (Å²) >= 11 is 0. The van der Waals surface area contributed by atoms with Crippen LogP contribution in [0.2, 0.25) is 0 Å². The molecule has 1 amide bonds. The van der Waals surface area contributed by atoms with Gasteiger partial charge in [-0.15, -0.1) is 0 Å². The molecule has 1 aliphatic rings. The van der Waals surface area contributed by atoms with E-state index in [9.17, 15) is 9.59 Å². The molecule has 6 heteroatoms. The van der Waals surface area contributed by atoms with Crippen molar-refractivity contribution in [2.24, 2.45) is 0 Å². The maximum absolute atomic E-state index is 12.8. The van der Waals surface area contributed by atoms with Gasteiger partial charge in [0.2, 0.25) is 0 Å². The zero-order valence-corrected chi connectivity index (χ0v) is 17.4. The molecule has 1 fully saturated rings. The van der Waals surface area contributed by atoms with Gasteiger partial charge >= 0.3 is 0 Å². The smallest absolute Gasteiger partial charge is 0.268 e. The molecule has 1 saturated carbocycles. The maximum atomic E-state index is 12.8. The van der Waals surface area contributed by atoms with E-state index >= 15 is 0 Å². The third kappa shape index (κ3) is 4.16. The van der Waals surface area contributed by atoms with Crippen LogP contribution in [0, 0.1) is 20.8 Å². The number of hydrogen-bond donors (Lipinski definition) is 3. The van der Waals surface area contributed by atoms with E-state index < -0.39 is 0 Å². The fourth-order valence-corrected chi connectivity index (χ4v) is 4.40. The number of hydrogen-bond acceptors (Lipinski definition) is 3. The topological polar surface area (TPSA) is 81.0 Å². The average molecular weight is 385 g/mol. The number of carbonyl (C=O) groups excluding carboxylic acids is 1. The van der Waals surface area contributed by atoms with Gasteiger partial charge < -0.3 is 20.2 Å². The lowest BCUT2D eigenvalue weighted by Gasteiger charge is -2.35. The minimum atomic E-state index is -0.178. The first kappa shape index (κ1) is 20.2. The average Bonchev–Trinajstić information content (AvgIpc) is 3.04. The minimum absolute atomic E-state index is 0.142. The molecule has 2 aromatic rings. The van der Waals surface area contributed by atoms with Crippen molar-refractivity contribution < 1.29 is 4.79 Å². The summed E-state index contributed by atoms with van der Waals surface area (Å²) in [6.45, 7) is 9.07. The molecule has 0 saturated heterocycles. The van der Waals surface area contributed by atoms with Gasteiger partial charge in [-0.1, -0.05) is 19.3 Å². The quantitative estimate of drug-likeness (QED) is 0.710. The molecule has 152 valence electrons. The predicted octanol–water partition coefficient (Wildman–Crippen LogP) is 3.72. The van der Waals surface area contributed by atoms with E-state index in [4.69, 9.17) is 0 Å². The zero-order chi connectivity index (χ0) is 20.3. The van der Waals surface area contributed by atoms with Crippen LogP contribution in [0.1, 0.15) is 71.9 Å². The molecule has 0 bridgehead atoms. The van der Waals surface area contributed by atoms with Gasteiger partial charge in [0.1, 0.15) is 5.69 Å². The molecule has 0 radical (unpaired) electrons. The van der Waals surface area contributed by atoms with Gasteiger partial charge in [0.15, 0.2) is 0 Å². The highest BCUT2D eigenvalue weighted by Gasteiger charge is 2.24. The van der Waals surface area contributed by atoms with Crippen molar-refractivity contribution in [1.82, 2.24) is 15.3 Å². The second kappa shape index (κ2) is 8.67. The molecule has 6 nitrogen and oxygen atoms in total. The lowest BCUT2D eigenvalue weighted by Crippen LogP contribution is -2.37. The van der Waals surface area contributed by atoms with E-state index in [2.05, 4.69) is 27.1 Å². The van der Waals surface area contributed by atoms with Crippen LogP contribution in [0.25, 0.3) is 0 Å². The van der Waals surface area contributed by atoms with Crippen LogP contribution in [0.15, 0.2) is 17.1 Å². The molecule has 0 atom stereocenters. The summed E-state index contributed by atoms with van der Waals surface area (Å²) in [4.78, 5) is 33.3. The summed E-state index contributed by atoms with van der Waals surface area (Å²) in [6.07, 6.45) is 8.27. The summed E-state index contributed by atoms with van der Waals surface area (Å²) in [5.74, 6) is -0.178. The summed E-state index contributed by atoms with van der Waals surface area (Å²) < 4.78 is 0. The molecule has 2 heterocycles. The molecule has 3 N–H and O–H groups in total. The Hall–Kier alpha value is -2.50. The molecular formula is C22H32N4O2. The zero-order valence-electron chi connectivity index (χ0n) is 17.4. The standard InChI is InChI=1S/C22H32N4O2/c1-5-26(17-9-7-6-8-10-17)19-13-23-20(16(19)4)22(28)24-12-18-14(2)11-15(3)25-21(18)27/h11,13,17,23H,5-10,12H2,1-4H3,(H,24,28)(H,25,27). The van der Waals surface area contributed by atoms with E-state index in [1.54, 1.807) is 0 Å². The Bertz CT molecular complexity index is 890. The lowest BCUT2D eigenvalue weighted by atomic mass is 9.93. The van der Waals surface area contributed by atoms with Crippen LogP contribution in [0.5, 0.6) is 0 Å². The molecule has 0 aliphatic heterocycles. The Morgan fingerprint density at radius 2 is 1.93 bits per heavy atom. The molecule has 28 heavy (non-hydrogen) atoms. The number of H-pyrrole nitrogens is 2. The fraction of sp³-hybridized carbons (Fsp3) is 0.545. The highest BCUT2D eigenvalue weighted by molar-refractivity contribution is 5.95. The van der Waals surface area contributed by atoms with Crippen molar-refractivity contribution in [1.29, 1.82) is 0 Å². The Morgan fingerprint density at radius 3 is 2.57 bits per heavy atom. The van der Waals surface area contributed by atoms with Crippen LogP contribution >= 0.6 is 0 Å². The van der Waals surface area contributed by atoms with Gasteiger partial charge in [-0.05, 0) is 52.2 Å². The van der Waals surface area contributed by atoms with Crippen LogP contribution in [0.3, 0.4) is 0 Å². The predicted molar refractivity (Wildman–Crippen MR) is 113 cm³/mol. The molecule has 1 aliphatic carbocycles. The number of amides is 1. The van der Waals surface area contributed by atoms with Gasteiger partial charge in [0.25, 0.3) is 11.5 Å². The number of aryl methyl sites for hydroxylation is 2. The first-order valence-corrected chi connectivity index (χ1v) is 10.3. The Morgan fingerprint density at radius 1 is 1.21 bits per heavy atom. The second-order valence-corrected chi connectivity index (χ2v) is 7.88. The third-order valence-electron chi connectivity index (χ3n) is 5.92. The van der Waals surface area contributed by atoms with Crippen molar-refractivity contribution in [2.45, 2.75) is 72.4 Å². The fourth-order valence-electron chi connectivity index (χ4n) is 4.40.